The highest BCUT2D eigenvalue weighted by atomic mass is 19.1. The predicted molar refractivity (Wildman–Crippen MR) is 169 cm³/mol. The topological polar surface area (TPSA) is 153 Å². The van der Waals surface area contributed by atoms with Gasteiger partial charge in [0, 0.05) is 36.9 Å². The molecule has 13 nitrogen and oxygen atoms in total. The standard InChI is InChI=1S/C32H31FN8O5/c1-19(2)40-18-24(31(44)41(32(40)45)21-7-5-20(33)6-8-21)29(42)38-28-10-9-22(16-37-28)46-27-11-12-34-26-17-36-25(15-23(26)27)30(43)35-13-14-39(3)4/h5-12,15-19H,13-14H2,1-4H3,(H,35,43)(H,37,38,42). The Hall–Kier alpha value is -5.76. The summed E-state index contributed by atoms with van der Waals surface area (Å²) in [6.07, 6.45) is 5.62. The lowest BCUT2D eigenvalue weighted by Crippen LogP contribution is -2.42. The van der Waals surface area contributed by atoms with Crippen LogP contribution in [0.1, 0.15) is 40.7 Å². The zero-order chi connectivity index (χ0) is 33.0. The van der Waals surface area contributed by atoms with E-state index in [4.69, 9.17) is 4.74 Å². The molecule has 4 heterocycles. The Balaban J connectivity index is 1.36. The lowest BCUT2D eigenvalue weighted by atomic mass is 10.2. The van der Waals surface area contributed by atoms with E-state index < -0.39 is 23.0 Å². The van der Waals surface area contributed by atoms with Crippen LogP contribution < -0.4 is 26.6 Å². The normalized spacial score (nSPS) is 11.2. The molecule has 0 atom stereocenters. The Kier molecular flexibility index (Phi) is 9.28. The van der Waals surface area contributed by atoms with Crippen molar-refractivity contribution in [1.82, 2.24) is 34.3 Å². The fourth-order valence-corrected chi connectivity index (χ4v) is 4.46. The maximum atomic E-state index is 13.5. The van der Waals surface area contributed by atoms with Gasteiger partial charge in [-0.15, -0.1) is 0 Å². The number of rotatable bonds is 10. The Morgan fingerprint density at radius 1 is 0.978 bits per heavy atom. The highest BCUT2D eigenvalue weighted by molar-refractivity contribution is 6.03. The largest absolute Gasteiger partial charge is 0.455 e. The van der Waals surface area contributed by atoms with E-state index in [1.807, 2.05) is 19.0 Å². The van der Waals surface area contributed by atoms with Gasteiger partial charge in [-0.3, -0.25) is 23.9 Å². The van der Waals surface area contributed by atoms with Crippen molar-refractivity contribution < 1.29 is 18.7 Å². The Morgan fingerprint density at radius 2 is 1.74 bits per heavy atom. The van der Waals surface area contributed by atoms with E-state index in [9.17, 15) is 23.6 Å². The molecule has 0 saturated heterocycles. The van der Waals surface area contributed by atoms with Gasteiger partial charge in [0.1, 0.15) is 34.4 Å². The molecule has 236 valence electrons. The van der Waals surface area contributed by atoms with E-state index in [1.165, 1.54) is 41.4 Å². The number of pyridine rings is 3. The second-order valence-electron chi connectivity index (χ2n) is 10.8. The average molecular weight is 627 g/mol. The van der Waals surface area contributed by atoms with Crippen LogP contribution in [0.25, 0.3) is 16.6 Å². The van der Waals surface area contributed by atoms with Crippen LogP contribution in [0, 0.1) is 5.82 Å². The fraction of sp³-hybridized carbons (Fsp3) is 0.219. The minimum atomic E-state index is -0.865. The van der Waals surface area contributed by atoms with Crippen LogP contribution in [0.5, 0.6) is 11.5 Å². The molecule has 4 aromatic heterocycles. The monoisotopic (exact) mass is 626 g/mol. The third-order valence-electron chi connectivity index (χ3n) is 6.87. The summed E-state index contributed by atoms with van der Waals surface area (Å²) >= 11 is 0. The number of aromatic nitrogens is 5. The molecule has 5 rings (SSSR count). The van der Waals surface area contributed by atoms with Crippen molar-refractivity contribution in [2.45, 2.75) is 19.9 Å². The summed E-state index contributed by atoms with van der Waals surface area (Å²) in [5, 5.41) is 5.96. The average Bonchev–Trinajstić information content (AvgIpc) is 3.02. The van der Waals surface area contributed by atoms with Gasteiger partial charge in [-0.2, -0.15) is 0 Å². The lowest BCUT2D eigenvalue weighted by molar-refractivity contribution is 0.0945. The van der Waals surface area contributed by atoms with Crippen molar-refractivity contribution in [2.24, 2.45) is 0 Å². The number of anilines is 1. The smallest absolute Gasteiger partial charge is 0.335 e. The second kappa shape index (κ2) is 13.5. The van der Waals surface area contributed by atoms with Crippen LogP contribution in [0.2, 0.25) is 0 Å². The summed E-state index contributed by atoms with van der Waals surface area (Å²) in [5.74, 6) is -0.801. The van der Waals surface area contributed by atoms with Crippen molar-refractivity contribution in [1.29, 1.82) is 0 Å². The number of nitrogens with one attached hydrogen (secondary N) is 2. The van der Waals surface area contributed by atoms with E-state index in [0.29, 0.717) is 35.5 Å². The van der Waals surface area contributed by atoms with Crippen LogP contribution in [0.4, 0.5) is 10.2 Å². The quantitative estimate of drug-likeness (QED) is 0.238. The van der Waals surface area contributed by atoms with E-state index in [1.54, 1.807) is 38.2 Å². The molecule has 5 aromatic rings. The van der Waals surface area contributed by atoms with Crippen molar-refractivity contribution in [3.05, 3.63) is 111 Å². The number of halogens is 1. The summed E-state index contributed by atoms with van der Waals surface area (Å²) in [4.78, 5) is 66.9. The third kappa shape index (κ3) is 6.97. The predicted octanol–water partition coefficient (Wildman–Crippen LogP) is 3.39. The molecule has 0 spiro atoms. The zero-order valence-electron chi connectivity index (χ0n) is 25.5. The SMILES string of the molecule is CC(C)n1cc(C(=O)Nc2ccc(Oc3ccnc4cnc(C(=O)NCCN(C)C)cc34)cn2)c(=O)n(-c2ccc(F)cc2)c1=O. The maximum Gasteiger partial charge on any atom is 0.335 e. The summed E-state index contributed by atoms with van der Waals surface area (Å²) < 4.78 is 21.6. The Morgan fingerprint density at radius 3 is 2.41 bits per heavy atom. The third-order valence-corrected chi connectivity index (χ3v) is 6.87. The molecule has 0 unspecified atom stereocenters. The summed E-state index contributed by atoms with van der Waals surface area (Å²) in [6.45, 7) is 4.60. The first-order chi connectivity index (χ1) is 22.0. The number of likely N-dealkylation sites (N-methyl/N-ethyl adjacent to an activating group) is 1. The van der Waals surface area contributed by atoms with E-state index in [-0.39, 0.29) is 34.7 Å². The van der Waals surface area contributed by atoms with Crippen molar-refractivity contribution in [3.63, 3.8) is 0 Å². The van der Waals surface area contributed by atoms with Crippen LogP contribution in [-0.4, -0.2) is 68.0 Å². The van der Waals surface area contributed by atoms with Crippen molar-refractivity contribution in [3.8, 4) is 17.2 Å². The van der Waals surface area contributed by atoms with Gasteiger partial charge < -0.3 is 20.3 Å². The Labute approximate surface area is 262 Å². The molecular formula is C32H31FN8O5. The van der Waals surface area contributed by atoms with Gasteiger partial charge in [0.25, 0.3) is 17.4 Å². The molecule has 46 heavy (non-hydrogen) atoms. The number of amides is 2. The molecular weight excluding hydrogens is 595 g/mol. The number of fused-ring (bicyclic) bond motifs is 1. The number of nitrogens with zero attached hydrogens (tertiary/aromatic N) is 6. The molecule has 0 fully saturated rings. The molecule has 0 aliphatic rings. The number of benzene rings is 1. The molecule has 0 bridgehead atoms. The fourth-order valence-electron chi connectivity index (χ4n) is 4.46. The molecule has 1 aromatic carbocycles. The minimum absolute atomic E-state index is 0.118. The van der Waals surface area contributed by atoms with Gasteiger partial charge in [0.15, 0.2) is 0 Å². The molecule has 0 aliphatic carbocycles. The minimum Gasteiger partial charge on any atom is -0.455 e. The summed E-state index contributed by atoms with van der Waals surface area (Å²) in [7, 11) is 3.82. The number of carbonyl (C=O) groups is 2. The molecule has 0 saturated carbocycles. The van der Waals surface area contributed by atoms with Gasteiger partial charge in [-0.1, -0.05) is 0 Å². The first-order valence-electron chi connectivity index (χ1n) is 14.3. The van der Waals surface area contributed by atoms with E-state index in [0.717, 1.165) is 16.7 Å². The van der Waals surface area contributed by atoms with Gasteiger partial charge in [-0.25, -0.2) is 23.7 Å². The molecule has 14 heteroatoms. The first-order valence-corrected chi connectivity index (χ1v) is 14.3. The number of carbonyl (C=O) groups excluding carboxylic acids is 2. The van der Waals surface area contributed by atoms with Crippen LogP contribution in [0.3, 0.4) is 0 Å². The van der Waals surface area contributed by atoms with Crippen molar-refractivity contribution in [2.75, 3.05) is 32.5 Å². The zero-order valence-corrected chi connectivity index (χ0v) is 25.5. The maximum absolute atomic E-state index is 13.5. The molecule has 0 radical (unpaired) electrons. The van der Waals surface area contributed by atoms with Crippen molar-refractivity contribution >= 4 is 28.5 Å². The van der Waals surface area contributed by atoms with Crippen LogP contribution in [0.15, 0.2) is 82.9 Å². The molecule has 2 amide bonds. The number of hydrogen-bond acceptors (Lipinski definition) is 9. The summed E-state index contributed by atoms with van der Waals surface area (Å²) in [5.41, 5.74) is -0.986. The van der Waals surface area contributed by atoms with Gasteiger partial charge in [-0.05, 0) is 76.5 Å². The number of ether oxygens (including phenoxy) is 1. The van der Waals surface area contributed by atoms with Crippen LogP contribution >= 0.6 is 0 Å². The highest BCUT2D eigenvalue weighted by Gasteiger charge is 2.20. The first kappa shape index (κ1) is 31.7. The van der Waals surface area contributed by atoms with E-state index >= 15 is 0 Å². The Bertz CT molecular complexity index is 2020. The van der Waals surface area contributed by atoms with Gasteiger partial charge >= 0.3 is 5.69 Å². The number of hydrogen-bond donors (Lipinski definition) is 2. The van der Waals surface area contributed by atoms with Gasteiger partial charge in [0.2, 0.25) is 0 Å². The summed E-state index contributed by atoms with van der Waals surface area (Å²) in [6, 6.07) is 10.7. The highest BCUT2D eigenvalue weighted by Crippen LogP contribution is 2.29. The van der Waals surface area contributed by atoms with Gasteiger partial charge in [0.05, 0.1) is 23.6 Å². The second-order valence-corrected chi connectivity index (χ2v) is 10.8. The molecule has 2 N–H and O–H groups in total. The lowest BCUT2D eigenvalue weighted by Gasteiger charge is -2.15. The van der Waals surface area contributed by atoms with E-state index in [2.05, 4.69) is 25.6 Å². The van der Waals surface area contributed by atoms with Crippen LogP contribution in [-0.2, 0) is 0 Å². The molecule has 0 aliphatic heterocycles.